The Labute approximate surface area is 170 Å². The maximum atomic E-state index is 12.1. The van der Waals surface area contributed by atoms with E-state index in [1.54, 1.807) is 37.5 Å². The van der Waals surface area contributed by atoms with Crippen LogP contribution < -0.4 is 14.2 Å². The third-order valence-electron chi connectivity index (χ3n) is 4.48. The molecule has 1 atom stereocenters. The molecule has 29 heavy (non-hydrogen) atoms. The van der Waals surface area contributed by atoms with Crippen molar-refractivity contribution in [2.75, 3.05) is 20.3 Å². The quantitative estimate of drug-likeness (QED) is 0.383. The molecule has 0 saturated carbocycles. The van der Waals surface area contributed by atoms with E-state index in [-0.39, 0.29) is 18.5 Å². The van der Waals surface area contributed by atoms with Gasteiger partial charge in [-0.1, -0.05) is 0 Å². The average Bonchev–Trinajstić information content (AvgIpc) is 3.09. The van der Waals surface area contributed by atoms with Gasteiger partial charge in [-0.2, -0.15) is 0 Å². The molecule has 1 aliphatic heterocycles. The second-order valence-electron chi connectivity index (χ2n) is 6.66. The number of hydrogen-bond acceptors (Lipinski definition) is 6. The highest BCUT2D eigenvalue weighted by Crippen LogP contribution is 2.35. The highest BCUT2D eigenvalue weighted by atomic mass is 16.5. The molecule has 0 N–H and O–H groups in total. The van der Waals surface area contributed by atoms with E-state index in [1.807, 2.05) is 26.0 Å². The first-order valence-corrected chi connectivity index (χ1v) is 9.48. The third kappa shape index (κ3) is 5.16. The van der Waals surface area contributed by atoms with Gasteiger partial charge < -0.3 is 18.9 Å². The Morgan fingerprint density at radius 1 is 1.21 bits per heavy atom. The lowest BCUT2D eigenvalue weighted by Crippen LogP contribution is -2.12. The highest BCUT2D eigenvalue weighted by molar-refractivity contribution is 5.99. The van der Waals surface area contributed by atoms with Gasteiger partial charge in [-0.05, 0) is 56.3 Å². The molecule has 0 unspecified atom stereocenters. The fraction of sp³-hybridized carbons (Fsp3) is 0.304. The van der Waals surface area contributed by atoms with Crippen LogP contribution in [-0.2, 0) is 16.0 Å². The van der Waals surface area contributed by atoms with Crippen molar-refractivity contribution < 1.29 is 28.5 Å². The number of Topliss-reactive ketones (excluding diaryl/α,β-unsaturated/α-hetero) is 1. The maximum Gasteiger partial charge on any atom is 0.331 e. The number of ketones is 1. The Kier molecular flexibility index (Phi) is 6.54. The van der Waals surface area contributed by atoms with Gasteiger partial charge in [0.15, 0.2) is 12.4 Å². The standard InChI is InChI=1S/C23H24O6/c1-4-27-21-13-18-11-15(2)29-22(18)12-17(21)7-10-23(25)28-14-20(24)16-5-8-19(26-3)9-6-16/h5-10,12-13,15H,4,11,14H2,1-3H3/b10-7+/t15-/m1/s1. The molecule has 0 spiro atoms. The molecule has 1 aliphatic rings. The fourth-order valence-electron chi connectivity index (χ4n) is 3.07. The normalized spacial score (nSPS) is 14.9. The molecule has 2 aromatic carbocycles. The van der Waals surface area contributed by atoms with Crippen LogP contribution in [0.25, 0.3) is 6.08 Å². The van der Waals surface area contributed by atoms with Gasteiger partial charge in [0.05, 0.1) is 13.7 Å². The molecule has 152 valence electrons. The first-order chi connectivity index (χ1) is 14.0. The third-order valence-corrected chi connectivity index (χ3v) is 4.48. The number of methoxy groups -OCH3 is 1. The number of carbonyl (C=O) groups excluding carboxylic acids is 2. The Balaban J connectivity index is 1.62. The topological polar surface area (TPSA) is 71.1 Å². The lowest BCUT2D eigenvalue weighted by Gasteiger charge is -2.10. The largest absolute Gasteiger partial charge is 0.497 e. The zero-order valence-corrected chi connectivity index (χ0v) is 16.8. The van der Waals surface area contributed by atoms with Crippen LogP contribution in [0.3, 0.4) is 0 Å². The van der Waals surface area contributed by atoms with Crippen molar-refractivity contribution in [3.8, 4) is 17.2 Å². The molecule has 2 aromatic rings. The van der Waals surface area contributed by atoms with E-state index in [1.165, 1.54) is 6.08 Å². The van der Waals surface area contributed by atoms with E-state index in [4.69, 9.17) is 18.9 Å². The molecular weight excluding hydrogens is 372 g/mol. The number of fused-ring (bicyclic) bond motifs is 1. The summed E-state index contributed by atoms with van der Waals surface area (Å²) in [4.78, 5) is 24.2. The molecule has 6 nitrogen and oxygen atoms in total. The van der Waals surface area contributed by atoms with Gasteiger partial charge in [-0.15, -0.1) is 0 Å². The van der Waals surface area contributed by atoms with Crippen molar-refractivity contribution in [2.45, 2.75) is 26.4 Å². The molecular formula is C23H24O6. The fourth-order valence-corrected chi connectivity index (χ4v) is 3.07. The summed E-state index contributed by atoms with van der Waals surface area (Å²) in [6.45, 7) is 4.08. The molecule has 0 aromatic heterocycles. The second kappa shape index (κ2) is 9.28. The zero-order valence-electron chi connectivity index (χ0n) is 16.8. The molecule has 0 radical (unpaired) electrons. The molecule has 3 rings (SSSR count). The molecule has 0 saturated heterocycles. The minimum Gasteiger partial charge on any atom is -0.497 e. The summed E-state index contributed by atoms with van der Waals surface area (Å²) in [5.41, 5.74) is 2.26. The Hall–Kier alpha value is -3.28. The van der Waals surface area contributed by atoms with Crippen molar-refractivity contribution in [2.24, 2.45) is 0 Å². The molecule has 0 aliphatic carbocycles. The van der Waals surface area contributed by atoms with Crippen LogP contribution in [0.15, 0.2) is 42.5 Å². The first kappa shape index (κ1) is 20.5. The summed E-state index contributed by atoms with van der Waals surface area (Å²) >= 11 is 0. The van der Waals surface area contributed by atoms with E-state index in [0.717, 1.165) is 23.3 Å². The Morgan fingerprint density at radius 3 is 2.66 bits per heavy atom. The number of benzene rings is 2. The number of hydrogen-bond donors (Lipinski definition) is 0. The number of esters is 1. The van der Waals surface area contributed by atoms with E-state index >= 15 is 0 Å². The van der Waals surface area contributed by atoms with Crippen molar-refractivity contribution in [1.29, 1.82) is 0 Å². The monoisotopic (exact) mass is 396 g/mol. The SMILES string of the molecule is CCOc1cc2c(cc1/C=C/C(=O)OCC(=O)c1ccc(OC)cc1)O[C@H](C)C2. The van der Waals surface area contributed by atoms with E-state index in [9.17, 15) is 9.59 Å². The van der Waals surface area contributed by atoms with Gasteiger partial charge in [0.1, 0.15) is 23.4 Å². The summed E-state index contributed by atoms with van der Waals surface area (Å²) in [5.74, 6) is 1.23. The molecule has 6 heteroatoms. The zero-order chi connectivity index (χ0) is 20.8. The summed E-state index contributed by atoms with van der Waals surface area (Å²) in [5, 5.41) is 0. The van der Waals surface area contributed by atoms with Crippen LogP contribution in [0, 0.1) is 0 Å². The smallest absolute Gasteiger partial charge is 0.331 e. The Bertz CT molecular complexity index is 914. The number of ether oxygens (including phenoxy) is 4. The minimum atomic E-state index is -0.607. The van der Waals surface area contributed by atoms with E-state index in [0.29, 0.717) is 23.7 Å². The van der Waals surface area contributed by atoms with Crippen LogP contribution in [0.5, 0.6) is 17.2 Å². The van der Waals surface area contributed by atoms with Crippen molar-refractivity contribution in [3.63, 3.8) is 0 Å². The van der Waals surface area contributed by atoms with Gasteiger partial charge in [0.25, 0.3) is 0 Å². The van der Waals surface area contributed by atoms with Gasteiger partial charge in [0, 0.05) is 29.2 Å². The molecule has 0 amide bonds. The van der Waals surface area contributed by atoms with Crippen molar-refractivity contribution >= 4 is 17.8 Å². The van der Waals surface area contributed by atoms with Crippen LogP contribution in [0.4, 0.5) is 0 Å². The second-order valence-corrected chi connectivity index (χ2v) is 6.66. The van der Waals surface area contributed by atoms with Crippen molar-refractivity contribution in [1.82, 2.24) is 0 Å². The lowest BCUT2D eigenvalue weighted by atomic mass is 10.1. The number of rotatable bonds is 8. The summed E-state index contributed by atoms with van der Waals surface area (Å²) < 4.78 is 21.6. The predicted molar refractivity (Wildman–Crippen MR) is 109 cm³/mol. The van der Waals surface area contributed by atoms with Crippen LogP contribution in [0.1, 0.15) is 35.3 Å². The van der Waals surface area contributed by atoms with Crippen molar-refractivity contribution in [3.05, 3.63) is 59.2 Å². The number of carbonyl (C=O) groups is 2. The summed E-state index contributed by atoms with van der Waals surface area (Å²) in [6.07, 6.45) is 3.84. The lowest BCUT2D eigenvalue weighted by molar-refractivity contribution is -0.136. The van der Waals surface area contributed by atoms with E-state index in [2.05, 4.69) is 0 Å². The molecule has 0 fully saturated rings. The van der Waals surface area contributed by atoms with Gasteiger partial charge in [-0.25, -0.2) is 4.79 Å². The summed E-state index contributed by atoms with van der Waals surface area (Å²) in [6, 6.07) is 10.4. The molecule has 1 heterocycles. The minimum absolute atomic E-state index is 0.118. The summed E-state index contributed by atoms with van der Waals surface area (Å²) in [7, 11) is 1.55. The molecule has 0 bridgehead atoms. The van der Waals surface area contributed by atoms with E-state index < -0.39 is 5.97 Å². The maximum absolute atomic E-state index is 12.1. The van der Waals surface area contributed by atoms with Crippen LogP contribution in [0.2, 0.25) is 0 Å². The predicted octanol–water partition coefficient (Wildman–Crippen LogP) is 3.86. The van der Waals surface area contributed by atoms with Gasteiger partial charge in [0.2, 0.25) is 0 Å². The Morgan fingerprint density at radius 2 is 1.97 bits per heavy atom. The first-order valence-electron chi connectivity index (χ1n) is 9.48. The average molecular weight is 396 g/mol. The van der Waals surface area contributed by atoms with Gasteiger partial charge in [-0.3, -0.25) is 4.79 Å². The highest BCUT2D eigenvalue weighted by Gasteiger charge is 2.21. The van der Waals surface area contributed by atoms with Gasteiger partial charge >= 0.3 is 5.97 Å². The van der Waals surface area contributed by atoms with Crippen LogP contribution in [-0.4, -0.2) is 38.2 Å². The van der Waals surface area contributed by atoms with Crippen LogP contribution >= 0.6 is 0 Å².